The Morgan fingerprint density at radius 2 is 1.86 bits per heavy atom. The first-order chi connectivity index (χ1) is 9.41. The first-order valence-corrected chi connectivity index (χ1v) is 8.38. The second-order valence-electron chi connectivity index (χ2n) is 6.54. The lowest BCUT2D eigenvalue weighted by Crippen LogP contribution is -2.48. The van der Waals surface area contributed by atoms with Crippen LogP contribution in [0.1, 0.15) is 53.0 Å². The summed E-state index contributed by atoms with van der Waals surface area (Å²) in [6.07, 6.45) is -0.0722. The summed E-state index contributed by atoms with van der Waals surface area (Å²) in [7, 11) is -3.71. The monoisotopic (exact) mass is 316 g/mol. The van der Waals surface area contributed by atoms with Gasteiger partial charge in [0.2, 0.25) is 10.0 Å². The van der Waals surface area contributed by atoms with Gasteiger partial charge in [-0.05, 0) is 13.8 Å². The first kappa shape index (κ1) is 17.8. The normalized spacial score (nSPS) is 13.4. The van der Waals surface area contributed by atoms with Gasteiger partial charge in [0, 0.05) is 18.0 Å². The van der Waals surface area contributed by atoms with Gasteiger partial charge >= 0.3 is 0 Å². The number of rotatable bonds is 6. The molecule has 21 heavy (non-hydrogen) atoms. The third kappa shape index (κ3) is 3.91. The van der Waals surface area contributed by atoms with Crippen molar-refractivity contribution in [3.8, 4) is 0 Å². The maximum Gasteiger partial charge on any atom is 0.223 e. The van der Waals surface area contributed by atoms with Crippen LogP contribution in [0.3, 0.4) is 0 Å². The van der Waals surface area contributed by atoms with E-state index in [0.29, 0.717) is 11.5 Å². The maximum absolute atomic E-state index is 12.3. The molecule has 0 bridgehead atoms. The SMILES string of the molecule is CCNS(=O)(=O)C(C)(C)C(=O)Cc1cc(C(C)(C)C)on1. The van der Waals surface area contributed by atoms with Crippen molar-refractivity contribution in [2.24, 2.45) is 0 Å². The number of sulfonamides is 1. The maximum atomic E-state index is 12.3. The van der Waals surface area contributed by atoms with E-state index in [1.165, 1.54) is 13.8 Å². The highest BCUT2D eigenvalue weighted by atomic mass is 32.2. The number of hydrogen-bond donors (Lipinski definition) is 1. The predicted octanol–water partition coefficient (Wildman–Crippen LogP) is 1.80. The lowest BCUT2D eigenvalue weighted by Gasteiger charge is -2.22. The summed E-state index contributed by atoms with van der Waals surface area (Å²) in [6, 6.07) is 1.70. The molecular weight excluding hydrogens is 292 g/mol. The van der Waals surface area contributed by atoms with Gasteiger partial charge in [-0.25, -0.2) is 13.1 Å². The summed E-state index contributed by atoms with van der Waals surface area (Å²) < 4.78 is 30.2. The Bertz CT molecular complexity index is 609. The number of ketones is 1. The molecular formula is C14H24N2O4S. The zero-order valence-electron chi connectivity index (χ0n) is 13.5. The van der Waals surface area contributed by atoms with Crippen molar-refractivity contribution in [2.45, 2.75) is 58.1 Å². The van der Waals surface area contributed by atoms with E-state index in [2.05, 4.69) is 9.88 Å². The molecule has 0 atom stereocenters. The first-order valence-electron chi connectivity index (χ1n) is 6.90. The van der Waals surface area contributed by atoms with Crippen LogP contribution < -0.4 is 4.72 Å². The Hall–Kier alpha value is -1.21. The van der Waals surface area contributed by atoms with Crippen molar-refractivity contribution in [2.75, 3.05) is 6.54 Å². The summed E-state index contributed by atoms with van der Waals surface area (Å²) >= 11 is 0. The molecule has 0 aliphatic heterocycles. The Morgan fingerprint density at radius 1 is 1.29 bits per heavy atom. The fraction of sp³-hybridized carbons (Fsp3) is 0.714. The number of Topliss-reactive ketones (excluding diaryl/α,β-unsaturated/α-hetero) is 1. The molecule has 0 unspecified atom stereocenters. The highest BCUT2D eigenvalue weighted by Gasteiger charge is 2.41. The Balaban J connectivity index is 2.93. The van der Waals surface area contributed by atoms with Gasteiger partial charge < -0.3 is 4.52 Å². The second kappa shape index (κ2) is 5.88. The lowest BCUT2D eigenvalue weighted by molar-refractivity contribution is -0.120. The molecule has 0 saturated carbocycles. The van der Waals surface area contributed by atoms with Crippen LogP contribution >= 0.6 is 0 Å². The number of carbonyl (C=O) groups excluding carboxylic acids is 1. The van der Waals surface area contributed by atoms with Crippen LogP contribution in [0.4, 0.5) is 0 Å². The predicted molar refractivity (Wildman–Crippen MR) is 80.6 cm³/mol. The van der Waals surface area contributed by atoms with E-state index in [1.807, 2.05) is 20.8 Å². The van der Waals surface area contributed by atoms with Gasteiger partial charge in [-0.3, -0.25) is 4.79 Å². The van der Waals surface area contributed by atoms with Crippen LogP contribution in [0.2, 0.25) is 0 Å². The largest absolute Gasteiger partial charge is 0.361 e. The molecule has 1 aromatic rings. The Kier molecular flexibility index (Phi) is 5.00. The quantitative estimate of drug-likeness (QED) is 0.864. The average molecular weight is 316 g/mol. The standard InChI is InChI=1S/C14H24N2O4S/c1-7-15-21(18,19)14(5,6)11(17)8-10-9-12(20-16-10)13(2,3)4/h9,15H,7-8H2,1-6H3. The van der Waals surface area contributed by atoms with Gasteiger partial charge in [0.15, 0.2) is 5.78 Å². The van der Waals surface area contributed by atoms with Gasteiger partial charge in [0.25, 0.3) is 0 Å². The number of hydrogen-bond acceptors (Lipinski definition) is 5. The van der Waals surface area contributed by atoms with Crippen LogP contribution in [0.5, 0.6) is 0 Å². The Labute approximate surface area is 126 Å². The minimum Gasteiger partial charge on any atom is -0.361 e. The van der Waals surface area contributed by atoms with E-state index >= 15 is 0 Å². The minimum atomic E-state index is -3.71. The molecule has 1 heterocycles. The summed E-state index contributed by atoms with van der Waals surface area (Å²) in [4.78, 5) is 12.3. The third-order valence-corrected chi connectivity index (χ3v) is 5.56. The fourth-order valence-electron chi connectivity index (χ4n) is 1.65. The van der Waals surface area contributed by atoms with Crippen molar-refractivity contribution in [3.05, 3.63) is 17.5 Å². The smallest absolute Gasteiger partial charge is 0.223 e. The van der Waals surface area contributed by atoms with E-state index in [-0.39, 0.29) is 18.4 Å². The van der Waals surface area contributed by atoms with E-state index in [0.717, 1.165) is 0 Å². The molecule has 7 heteroatoms. The van der Waals surface area contributed by atoms with Crippen molar-refractivity contribution < 1.29 is 17.7 Å². The van der Waals surface area contributed by atoms with E-state index in [9.17, 15) is 13.2 Å². The molecule has 1 N–H and O–H groups in total. The summed E-state index contributed by atoms with van der Waals surface area (Å²) in [5.41, 5.74) is 0.240. The molecule has 0 saturated heterocycles. The zero-order chi connectivity index (χ0) is 16.5. The van der Waals surface area contributed by atoms with E-state index in [4.69, 9.17) is 4.52 Å². The molecule has 0 amide bonds. The van der Waals surface area contributed by atoms with Crippen LogP contribution in [0.25, 0.3) is 0 Å². The van der Waals surface area contributed by atoms with Gasteiger partial charge in [-0.1, -0.05) is 32.9 Å². The number of aromatic nitrogens is 1. The lowest BCUT2D eigenvalue weighted by atomic mass is 9.92. The van der Waals surface area contributed by atoms with Crippen molar-refractivity contribution in [3.63, 3.8) is 0 Å². The van der Waals surface area contributed by atoms with Crippen LogP contribution in [-0.2, 0) is 26.7 Å². The van der Waals surface area contributed by atoms with Crippen molar-refractivity contribution in [1.29, 1.82) is 0 Å². The molecule has 0 fully saturated rings. The minimum absolute atomic E-state index is 0.0722. The topological polar surface area (TPSA) is 89.3 Å². The summed E-state index contributed by atoms with van der Waals surface area (Å²) in [5.74, 6) is 0.245. The summed E-state index contributed by atoms with van der Waals surface area (Å²) in [5, 5.41) is 3.85. The molecule has 1 rings (SSSR count). The average Bonchev–Trinajstić information content (AvgIpc) is 2.76. The molecule has 120 valence electrons. The van der Waals surface area contributed by atoms with Crippen LogP contribution in [-0.4, -0.2) is 30.6 Å². The molecule has 0 spiro atoms. The van der Waals surface area contributed by atoms with Gasteiger partial charge in [0.05, 0.1) is 12.1 Å². The third-order valence-electron chi connectivity index (χ3n) is 3.32. The van der Waals surface area contributed by atoms with Crippen molar-refractivity contribution in [1.82, 2.24) is 9.88 Å². The van der Waals surface area contributed by atoms with Gasteiger partial charge in [-0.2, -0.15) is 0 Å². The highest BCUT2D eigenvalue weighted by molar-refractivity contribution is 7.91. The zero-order valence-corrected chi connectivity index (χ0v) is 14.3. The fourth-order valence-corrected chi connectivity index (χ4v) is 2.76. The summed E-state index contributed by atoms with van der Waals surface area (Å²) in [6.45, 7) is 10.6. The second-order valence-corrected chi connectivity index (χ2v) is 8.86. The van der Waals surface area contributed by atoms with Gasteiger partial charge in [-0.15, -0.1) is 0 Å². The Morgan fingerprint density at radius 3 is 2.29 bits per heavy atom. The molecule has 1 aromatic heterocycles. The molecule has 0 radical (unpaired) electrons. The molecule has 0 aliphatic rings. The van der Waals surface area contributed by atoms with E-state index < -0.39 is 20.6 Å². The van der Waals surface area contributed by atoms with E-state index in [1.54, 1.807) is 13.0 Å². The number of nitrogens with one attached hydrogen (secondary N) is 1. The van der Waals surface area contributed by atoms with Crippen molar-refractivity contribution >= 4 is 15.8 Å². The highest BCUT2D eigenvalue weighted by Crippen LogP contribution is 2.24. The molecule has 0 aliphatic carbocycles. The molecule has 0 aromatic carbocycles. The van der Waals surface area contributed by atoms with Gasteiger partial charge in [0.1, 0.15) is 10.5 Å². The van der Waals surface area contributed by atoms with Crippen LogP contribution in [0.15, 0.2) is 10.6 Å². The molecule has 6 nitrogen and oxygen atoms in total. The van der Waals surface area contributed by atoms with Crippen LogP contribution in [0, 0.1) is 0 Å². The number of nitrogens with zero attached hydrogens (tertiary/aromatic N) is 1. The number of carbonyl (C=O) groups is 1.